The number of piperazine rings is 1. The summed E-state index contributed by atoms with van der Waals surface area (Å²) < 4.78 is 0. The lowest BCUT2D eigenvalue weighted by molar-refractivity contribution is -0.142. The van der Waals surface area contributed by atoms with Gasteiger partial charge in [0.05, 0.1) is 0 Å². The molecule has 1 aliphatic carbocycles. The first-order valence-corrected chi connectivity index (χ1v) is 9.23. The van der Waals surface area contributed by atoms with Crippen LogP contribution in [0.3, 0.4) is 0 Å². The van der Waals surface area contributed by atoms with Crippen molar-refractivity contribution in [2.75, 3.05) is 26.2 Å². The summed E-state index contributed by atoms with van der Waals surface area (Å²) in [4.78, 5) is 28.6. The minimum absolute atomic E-state index is 0.150. The van der Waals surface area contributed by atoms with Gasteiger partial charge in [-0.05, 0) is 42.9 Å². The summed E-state index contributed by atoms with van der Waals surface area (Å²) in [7, 11) is 0. The van der Waals surface area contributed by atoms with Crippen LogP contribution in [0.15, 0.2) is 24.3 Å². The third kappa shape index (κ3) is 4.29. The van der Waals surface area contributed by atoms with Crippen LogP contribution in [0.25, 0.3) is 0 Å². The van der Waals surface area contributed by atoms with Gasteiger partial charge in [0.15, 0.2) is 0 Å². The van der Waals surface area contributed by atoms with Crippen molar-refractivity contribution in [2.45, 2.75) is 32.6 Å². The lowest BCUT2D eigenvalue weighted by Gasteiger charge is -2.36. The topological polar surface area (TPSA) is 40.6 Å². The highest BCUT2D eigenvalue weighted by Crippen LogP contribution is 2.37. The van der Waals surface area contributed by atoms with Gasteiger partial charge in [0, 0.05) is 43.5 Å². The Morgan fingerprint density at radius 2 is 1.67 bits per heavy atom. The Bertz CT molecular complexity index is 590. The van der Waals surface area contributed by atoms with Crippen LogP contribution < -0.4 is 0 Å². The van der Waals surface area contributed by atoms with E-state index in [1.807, 2.05) is 41.0 Å². The molecule has 0 N–H and O–H groups in total. The number of nitrogens with zero attached hydrogens (tertiary/aromatic N) is 2. The molecular formula is C19H25ClN2O2. The molecular weight excluding hydrogens is 324 g/mol. The molecule has 1 saturated heterocycles. The van der Waals surface area contributed by atoms with E-state index in [1.165, 1.54) is 12.8 Å². The van der Waals surface area contributed by atoms with Crippen LogP contribution in [-0.4, -0.2) is 47.8 Å². The molecule has 1 aromatic carbocycles. The quantitative estimate of drug-likeness (QED) is 0.820. The normalized spacial score (nSPS) is 19.2. The minimum atomic E-state index is 0.150. The maximum Gasteiger partial charge on any atom is 0.225 e. The number of benzene rings is 1. The molecule has 0 radical (unpaired) electrons. The second kappa shape index (κ2) is 7.56. The molecule has 1 atom stereocenters. The summed E-state index contributed by atoms with van der Waals surface area (Å²) in [6.07, 6.45) is 3.62. The van der Waals surface area contributed by atoms with Crippen molar-refractivity contribution < 1.29 is 9.59 Å². The molecule has 1 aliphatic heterocycles. The standard InChI is InChI=1S/C19H25ClN2O2/c1-14(16-5-6-16)19(24)22-12-10-21(11-13-22)18(23)9-4-15-2-7-17(20)8-3-15/h2-3,7-8,14,16H,4-6,9-13H2,1H3. The molecule has 0 spiro atoms. The summed E-state index contributed by atoms with van der Waals surface area (Å²) >= 11 is 5.87. The van der Waals surface area contributed by atoms with E-state index in [2.05, 4.69) is 0 Å². The monoisotopic (exact) mass is 348 g/mol. The van der Waals surface area contributed by atoms with E-state index >= 15 is 0 Å². The zero-order valence-electron chi connectivity index (χ0n) is 14.2. The van der Waals surface area contributed by atoms with Crippen molar-refractivity contribution in [2.24, 2.45) is 11.8 Å². The van der Waals surface area contributed by atoms with E-state index in [9.17, 15) is 9.59 Å². The number of aryl methyl sites for hydroxylation is 1. The number of amides is 2. The lowest BCUT2D eigenvalue weighted by atomic mass is 10.0. The fraction of sp³-hybridized carbons (Fsp3) is 0.579. The Balaban J connectivity index is 1.43. The number of hydrogen-bond acceptors (Lipinski definition) is 2. The fourth-order valence-corrected chi connectivity index (χ4v) is 3.45. The second-order valence-electron chi connectivity index (χ2n) is 6.96. The highest BCUT2D eigenvalue weighted by atomic mass is 35.5. The molecule has 0 aromatic heterocycles. The summed E-state index contributed by atoms with van der Waals surface area (Å²) in [5, 5.41) is 0.714. The van der Waals surface area contributed by atoms with Crippen molar-refractivity contribution in [3.8, 4) is 0 Å². The van der Waals surface area contributed by atoms with E-state index in [0.29, 0.717) is 43.5 Å². The SMILES string of the molecule is CC(C(=O)N1CCN(C(=O)CCc2ccc(Cl)cc2)CC1)C1CC1. The number of rotatable bonds is 5. The number of halogens is 1. The molecule has 4 nitrogen and oxygen atoms in total. The summed E-state index contributed by atoms with van der Waals surface area (Å²) in [5.74, 6) is 1.19. The van der Waals surface area contributed by atoms with Gasteiger partial charge >= 0.3 is 0 Å². The van der Waals surface area contributed by atoms with Gasteiger partial charge in [-0.25, -0.2) is 0 Å². The first-order chi connectivity index (χ1) is 11.5. The maximum atomic E-state index is 12.4. The van der Waals surface area contributed by atoms with Crippen LogP contribution in [0.4, 0.5) is 0 Å². The molecule has 130 valence electrons. The number of carbonyl (C=O) groups is 2. The van der Waals surface area contributed by atoms with Crippen molar-refractivity contribution in [3.63, 3.8) is 0 Å². The fourth-order valence-electron chi connectivity index (χ4n) is 3.32. The third-order valence-corrected chi connectivity index (χ3v) is 5.46. The highest BCUT2D eigenvalue weighted by molar-refractivity contribution is 6.30. The van der Waals surface area contributed by atoms with Gasteiger partial charge in [0.2, 0.25) is 11.8 Å². The van der Waals surface area contributed by atoms with E-state index in [1.54, 1.807) is 0 Å². The third-order valence-electron chi connectivity index (χ3n) is 5.20. The van der Waals surface area contributed by atoms with Crippen LogP contribution in [0.2, 0.25) is 5.02 Å². The molecule has 2 fully saturated rings. The van der Waals surface area contributed by atoms with Crippen LogP contribution in [0, 0.1) is 11.8 Å². The van der Waals surface area contributed by atoms with E-state index in [-0.39, 0.29) is 17.7 Å². The molecule has 1 saturated carbocycles. The Morgan fingerprint density at radius 3 is 2.25 bits per heavy atom. The summed E-state index contributed by atoms with van der Waals surface area (Å²) in [6.45, 7) is 4.69. The molecule has 1 aromatic rings. The van der Waals surface area contributed by atoms with Crippen LogP contribution >= 0.6 is 11.6 Å². The van der Waals surface area contributed by atoms with E-state index in [0.717, 1.165) is 12.0 Å². The first-order valence-electron chi connectivity index (χ1n) is 8.85. The highest BCUT2D eigenvalue weighted by Gasteiger charge is 2.36. The predicted octanol–water partition coefficient (Wildman–Crippen LogP) is 2.99. The average molecular weight is 349 g/mol. The second-order valence-corrected chi connectivity index (χ2v) is 7.40. The Hall–Kier alpha value is -1.55. The predicted molar refractivity (Wildman–Crippen MR) is 94.8 cm³/mol. The van der Waals surface area contributed by atoms with Crippen molar-refractivity contribution in [1.82, 2.24) is 9.80 Å². The molecule has 1 heterocycles. The zero-order chi connectivity index (χ0) is 17.1. The lowest BCUT2D eigenvalue weighted by Crippen LogP contribution is -2.52. The van der Waals surface area contributed by atoms with Gasteiger partial charge < -0.3 is 9.80 Å². The largest absolute Gasteiger partial charge is 0.339 e. The van der Waals surface area contributed by atoms with Crippen LogP contribution in [-0.2, 0) is 16.0 Å². The van der Waals surface area contributed by atoms with Crippen molar-refractivity contribution in [3.05, 3.63) is 34.9 Å². The van der Waals surface area contributed by atoms with Crippen LogP contribution in [0.5, 0.6) is 0 Å². The van der Waals surface area contributed by atoms with Crippen LogP contribution in [0.1, 0.15) is 31.7 Å². The van der Waals surface area contributed by atoms with Gasteiger partial charge in [-0.2, -0.15) is 0 Å². The molecule has 1 unspecified atom stereocenters. The number of carbonyl (C=O) groups excluding carboxylic acids is 2. The number of hydrogen-bond donors (Lipinski definition) is 0. The first kappa shape index (κ1) is 17.3. The van der Waals surface area contributed by atoms with E-state index in [4.69, 9.17) is 11.6 Å². The minimum Gasteiger partial charge on any atom is -0.339 e. The van der Waals surface area contributed by atoms with Crippen molar-refractivity contribution >= 4 is 23.4 Å². The Morgan fingerprint density at radius 1 is 1.08 bits per heavy atom. The Labute approximate surface area is 148 Å². The van der Waals surface area contributed by atoms with Gasteiger partial charge in [-0.1, -0.05) is 30.7 Å². The molecule has 2 aliphatic rings. The van der Waals surface area contributed by atoms with Crippen molar-refractivity contribution in [1.29, 1.82) is 0 Å². The summed E-state index contributed by atoms with van der Waals surface area (Å²) in [6, 6.07) is 7.64. The molecule has 5 heteroatoms. The molecule has 0 bridgehead atoms. The molecule has 24 heavy (non-hydrogen) atoms. The van der Waals surface area contributed by atoms with Gasteiger partial charge in [0.1, 0.15) is 0 Å². The average Bonchev–Trinajstić information content (AvgIpc) is 3.45. The van der Waals surface area contributed by atoms with Gasteiger partial charge in [0.25, 0.3) is 0 Å². The smallest absolute Gasteiger partial charge is 0.225 e. The maximum absolute atomic E-state index is 12.4. The molecule has 3 rings (SSSR count). The Kier molecular flexibility index (Phi) is 5.44. The van der Waals surface area contributed by atoms with Gasteiger partial charge in [-0.3, -0.25) is 9.59 Å². The molecule has 2 amide bonds. The zero-order valence-corrected chi connectivity index (χ0v) is 15.0. The summed E-state index contributed by atoms with van der Waals surface area (Å²) in [5.41, 5.74) is 1.12. The van der Waals surface area contributed by atoms with E-state index < -0.39 is 0 Å². The van der Waals surface area contributed by atoms with Gasteiger partial charge in [-0.15, -0.1) is 0 Å².